The number of carbonyl (C=O) groups excluding carboxylic acids is 1. The Morgan fingerprint density at radius 3 is 2.71 bits per heavy atom. The van der Waals surface area contributed by atoms with Crippen LogP contribution >= 0.6 is 0 Å². The molecule has 1 N–H and O–H groups in total. The average molecular weight is 374 g/mol. The Morgan fingerprint density at radius 2 is 1.89 bits per heavy atom. The van der Waals surface area contributed by atoms with Gasteiger partial charge in [0.05, 0.1) is 12.2 Å². The van der Waals surface area contributed by atoms with Crippen LogP contribution in [-0.4, -0.2) is 31.1 Å². The number of nitrogens with one attached hydrogen (secondary N) is 1. The summed E-state index contributed by atoms with van der Waals surface area (Å²) in [5.41, 5.74) is 2.95. The van der Waals surface area contributed by atoms with Crippen LogP contribution in [0, 0.1) is 5.82 Å². The number of pyridine rings is 1. The van der Waals surface area contributed by atoms with Gasteiger partial charge in [0.15, 0.2) is 0 Å². The number of tetrazole rings is 1. The van der Waals surface area contributed by atoms with E-state index in [1.807, 2.05) is 18.2 Å². The van der Waals surface area contributed by atoms with Crippen molar-refractivity contribution in [3.63, 3.8) is 0 Å². The zero-order valence-electron chi connectivity index (χ0n) is 14.7. The third-order valence-corrected chi connectivity index (χ3v) is 4.02. The highest BCUT2D eigenvalue weighted by atomic mass is 19.1. The number of benzene rings is 2. The van der Waals surface area contributed by atoms with Gasteiger partial charge in [-0.1, -0.05) is 30.3 Å². The summed E-state index contributed by atoms with van der Waals surface area (Å²) in [7, 11) is 0. The first-order valence-corrected chi connectivity index (χ1v) is 8.51. The van der Waals surface area contributed by atoms with Gasteiger partial charge in [0.1, 0.15) is 17.8 Å². The second kappa shape index (κ2) is 7.75. The van der Waals surface area contributed by atoms with Crippen molar-refractivity contribution in [2.24, 2.45) is 0 Å². The summed E-state index contributed by atoms with van der Waals surface area (Å²) in [4.78, 5) is 17.0. The van der Waals surface area contributed by atoms with Crippen LogP contribution in [0.25, 0.3) is 11.3 Å². The van der Waals surface area contributed by atoms with Crippen LogP contribution < -0.4 is 5.32 Å². The van der Waals surface area contributed by atoms with Crippen LogP contribution in [-0.2, 0) is 6.54 Å². The minimum Gasteiger partial charge on any atom is -0.321 e. The van der Waals surface area contributed by atoms with Crippen molar-refractivity contribution in [2.75, 3.05) is 5.32 Å². The summed E-state index contributed by atoms with van der Waals surface area (Å²) in [6.07, 6.45) is 1.52. The fraction of sp³-hybridized carbons (Fsp3) is 0.0500. The molecule has 0 saturated heterocycles. The molecule has 0 spiro atoms. The molecule has 2 aromatic heterocycles. The zero-order valence-corrected chi connectivity index (χ0v) is 14.7. The van der Waals surface area contributed by atoms with Crippen LogP contribution in [0.4, 0.5) is 10.1 Å². The summed E-state index contributed by atoms with van der Waals surface area (Å²) >= 11 is 0. The Labute approximate surface area is 159 Å². The maximum atomic E-state index is 13.5. The van der Waals surface area contributed by atoms with Gasteiger partial charge in [0.2, 0.25) is 0 Å². The summed E-state index contributed by atoms with van der Waals surface area (Å²) in [5, 5.41) is 13.9. The molecule has 8 heteroatoms. The van der Waals surface area contributed by atoms with Crippen molar-refractivity contribution in [1.29, 1.82) is 0 Å². The van der Waals surface area contributed by atoms with Crippen LogP contribution in [0.2, 0.25) is 0 Å². The lowest BCUT2D eigenvalue weighted by Crippen LogP contribution is -2.14. The van der Waals surface area contributed by atoms with E-state index in [1.54, 1.807) is 41.1 Å². The van der Waals surface area contributed by atoms with Gasteiger partial charge in [-0.2, -0.15) is 0 Å². The number of anilines is 1. The van der Waals surface area contributed by atoms with Crippen LogP contribution in [0.1, 0.15) is 16.1 Å². The Bertz CT molecular complexity index is 1110. The summed E-state index contributed by atoms with van der Waals surface area (Å²) in [6.45, 7) is 0.490. The number of amides is 1. The molecule has 4 rings (SSSR count). The molecule has 0 aliphatic rings. The van der Waals surface area contributed by atoms with Crippen molar-refractivity contribution in [1.82, 2.24) is 25.2 Å². The molecule has 7 nitrogen and oxygen atoms in total. The third-order valence-electron chi connectivity index (χ3n) is 4.02. The molecule has 1 amide bonds. The number of hydrogen-bond donors (Lipinski definition) is 1. The minimum absolute atomic E-state index is 0.243. The standard InChI is InChI=1S/C20H15FN6O/c21-16-6-2-5-15(11-16)18-8-3-9-19(24-18)20(28)23-17-7-1-4-14(10-17)12-27-13-22-25-26-27/h1-11,13H,12H2,(H,23,28). The van der Waals surface area contributed by atoms with E-state index in [9.17, 15) is 9.18 Å². The minimum atomic E-state index is -0.353. The molecule has 138 valence electrons. The van der Waals surface area contributed by atoms with Gasteiger partial charge in [-0.05, 0) is 52.4 Å². The quantitative estimate of drug-likeness (QED) is 0.580. The Kier molecular flexibility index (Phi) is 4.83. The molecule has 0 radical (unpaired) electrons. The molecule has 28 heavy (non-hydrogen) atoms. The number of halogens is 1. The average Bonchev–Trinajstić information content (AvgIpc) is 3.21. The van der Waals surface area contributed by atoms with E-state index in [1.165, 1.54) is 18.5 Å². The zero-order chi connectivity index (χ0) is 19.3. The molecule has 2 aromatic carbocycles. The predicted molar refractivity (Wildman–Crippen MR) is 101 cm³/mol. The smallest absolute Gasteiger partial charge is 0.274 e. The molecule has 0 saturated carbocycles. The van der Waals surface area contributed by atoms with E-state index >= 15 is 0 Å². The van der Waals surface area contributed by atoms with Crippen molar-refractivity contribution >= 4 is 11.6 Å². The maximum Gasteiger partial charge on any atom is 0.274 e. The van der Waals surface area contributed by atoms with Gasteiger partial charge in [0.25, 0.3) is 5.91 Å². The number of carbonyl (C=O) groups is 1. The molecule has 0 fully saturated rings. The third kappa shape index (κ3) is 4.07. The maximum absolute atomic E-state index is 13.5. The van der Waals surface area contributed by atoms with E-state index in [-0.39, 0.29) is 17.4 Å². The van der Waals surface area contributed by atoms with E-state index in [0.29, 0.717) is 23.5 Å². The fourth-order valence-electron chi connectivity index (χ4n) is 2.75. The number of nitrogens with zero attached hydrogens (tertiary/aromatic N) is 5. The van der Waals surface area contributed by atoms with Gasteiger partial charge in [-0.25, -0.2) is 14.1 Å². The van der Waals surface area contributed by atoms with Gasteiger partial charge in [-0.15, -0.1) is 5.10 Å². The predicted octanol–water partition coefficient (Wildman–Crippen LogP) is 3.17. The molecular formula is C20H15FN6O. The second-order valence-corrected chi connectivity index (χ2v) is 6.08. The monoisotopic (exact) mass is 374 g/mol. The summed E-state index contributed by atoms with van der Waals surface area (Å²) in [5.74, 6) is -0.702. The molecule has 0 aliphatic heterocycles. The Balaban J connectivity index is 1.52. The lowest BCUT2D eigenvalue weighted by Gasteiger charge is -2.08. The van der Waals surface area contributed by atoms with E-state index < -0.39 is 0 Å². The molecule has 0 bridgehead atoms. The van der Waals surface area contributed by atoms with E-state index in [0.717, 1.165) is 5.56 Å². The molecule has 2 heterocycles. The first-order valence-electron chi connectivity index (χ1n) is 8.51. The lowest BCUT2D eigenvalue weighted by atomic mass is 10.1. The summed E-state index contributed by atoms with van der Waals surface area (Å²) < 4.78 is 15.0. The first-order chi connectivity index (χ1) is 13.7. The summed E-state index contributed by atoms with van der Waals surface area (Å²) in [6, 6.07) is 18.6. The first kappa shape index (κ1) is 17.5. The molecule has 0 atom stereocenters. The normalized spacial score (nSPS) is 10.6. The number of aromatic nitrogens is 5. The van der Waals surface area contributed by atoms with Gasteiger partial charge >= 0.3 is 0 Å². The van der Waals surface area contributed by atoms with Crippen molar-refractivity contribution in [3.05, 3.63) is 90.1 Å². The van der Waals surface area contributed by atoms with Crippen LogP contribution in [0.15, 0.2) is 73.1 Å². The SMILES string of the molecule is O=C(Nc1cccc(Cn2cnnn2)c1)c1cccc(-c2cccc(F)c2)n1. The molecule has 0 unspecified atom stereocenters. The highest BCUT2D eigenvalue weighted by Gasteiger charge is 2.10. The van der Waals surface area contributed by atoms with Crippen molar-refractivity contribution in [2.45, 2.75) is 6.54 Å². The van der Waals surface area contributed by atoms with Crippen LogP contribution in [0.5, 0.6) is 0 Å². The van der Waals surface area contributed by atoms with Crippen LogP contribution in [0.3, 0.4) is 0 Å². The van der Waals surface area contributed by atoms with Gasteiger partial charge < -0.3 is 5.32 Å². The van der Waals surface area contributed by atoms with Gasteiger partial charge in [-0.3, -0.25) is 4.79 Å². The Hall–Kier alpha value is -3.94. The topological polar surface area (TPSA) is 85.6 Å². The van der Waals surface area contributed by atoms with Crippen molar-refractivity contribution < 1.29 is 9.18 Å². The van der Waals surface area contributed by atoms with Crippen molar-refractivity contribution in [3.8, 4) is 11.3 Å². The second-order valence-electron chi connectivity index (χ2n) is 6.08. The van der Waals surface area contributed by atoms with E-state index in [4.69, 9.17) is 0 Å². The molecular weight excluding hydrogens is 359 g/mol. The lowest BCUT2D eigenvalue weighted by molar-refractivity contribution is 0.102. The number of hydrogen-bond acceptors (Lipinski definition) is 5. The largest absolute Gasteiger partial charge is 0.321 e. The number of rotatable bonds is 5. The fourth-order valence-corrected chi connectivity index (χ4v) is 2.75. The van der Waals surface area contributed by atoms with E-state index in [2.05, 4.69) is 25.8 Å². The Morgan fingerprint density at radius 1 is 1.04 bits per heavy atom. The molecule has 4 aromatic rings. The highest BCUT2D eigenvalue weighted by Crippen LogP contribution is 2.19. The highest BCUT2D eigenvalue weighted by molar-refractivity contribution is 6.03. The molecule has 0 aliphatic carbocycles. The van der Waals surface area contributed by atoms with Gasteiger partial charge in [0, 0.05) is 11.3 Å².